The number of carbonyl (C=O) groups excluding carboxylic acids is 1. The maximum absolute atomic E-state index is 14.0. The summed E-state index contributed by atoms with van der Waals surface area (Å²) in [5.41, 5.74) is 6.38. The zero-order valence-corrected chi connectivity index (χ0v) is 12.3. The molecule has 3 N–H and O–H groups in total. The van der Waals surface area contributed by atoms with E-state index in [1.165, 1.54) is 29.5 Å². The number of nitrogens with two attached hydrogens (primary N) is 1. The molecule has 21 heavy (non-hydrogen) atoms. The Morgan fingerprint density at radius 3 is 3.00 bits per heavy atom. The topological polar surface area (TPSA) is 85.8 Å². The zero-order valence-electron chi connectivity index (χ0n) is 11.5. The van der Waals surface area contributed by atoms with Gasteiger partial charge in [-0.1, -0.05) is 0 Å². The van der Waals surface area contributed by atoms with Gasteiger partial charge in [0.2, 0.25) is 5.91 Å². The number of amides is 1. The molecule has 0 spiro atoms. The van der Waals surface area contributed by atoms with Gasteiger partial charge in [0, 0.05) is 5.69 Å². The van der Waals surface area contributed by atoms with Crippen LogP contribution in [0, 0.1) is 5.82 Å². The molecule has 0 aliphatic rings. The minimum absolute atomic E-state index is 0.261. The van der Waals surface area contributed by atoms with E-state index in [9.17, 15) is 9.18 Å². The zero-order chi connectivity index (χ0) is 15.2. The van der Waals surface area contributed by atoms with Crippen LogP contribution in [0.2, 0.25) is 0 Å². The smallest absolute Gasteiger partial charge is 0.241 e. The number of hydrogen-bond donors (Lipinski definition) is 2. The lowest BCUT2D eigenvalue weighted by molar-refractivity contribution is -0.117. The van der Waals surface area contributed by atoms with Crippen molar-refractivity contribution in [2.24, 2.45) is 5.73 Å². The maximum Gasteiger partial charge on any atom is 0.241 e. The van der Waals surface area contributed by atoms with Crippen LogP contribution in [0.1, 0.15) is 6.42 Å². The third-order valence-corrected chi connectivity index (χ3v) is 3.49. The molecule has 1 aromatic heterocycles. The van der Waals surface area contributed by atoms with Crippen LogP contribution in [0.4, 0.5) is 10.1 Å². The monoisotopic (exact) mass is 309 g/mol. The average Bonchev–Trinajstić information content (AvgIpc) is 2.98. The van der Waals surface area contributed by atoms with Gasteiger partial charge in [0.05, 0.1) is 6.04 Å². The van der Waals surface area contributed by atoms with Gasteiger partial charge >= 0.3 is 0 Å². The van der Waals surface area contributed by atoms with Gasteiger partial charge in [0.15, 0.2) is 5.82 Å². The summed E-state index contributed by atoms with van der Waals surface area (Å²) in [5, 5.41) is 6.46. The highest BCUT2D eigenvalue weighted by Gasteiger charge is 2.14. The second kappa shape index (κ2) is 7.19. The summed E-state index contributed by atoms with van der Waals surface area (Å²) >= 11 is 1.62. The van der Waals surface area contributed by atoms with E-state index in [0.29, 0.717) is 12.1 Å². The summed E-state index contributed by atoms with van der Waals surface area (Å²) in [5.74, 6) is -0.0262. The molecular formula is C13H16FN5OS. The first kappa shape index (κ1) is 15.5. The quantitative estimate of drug-likeness (QED) is 0.843. The maximum atomic E-state index is 14.0. The highest BCUT2D eigenvalue weighted by Crippen LogP contribution is 2.17. The number of thioether (sulfide) groups is 1. The second-order valence-electron chi connectivity index (χ2n) is 4.38. The van der Waals surface area contributed by atoms with Crippen LogP contribution in [-0.2, 0) is 4.79 Å². The third-order valence-electron chi connectivity index (χ3n) is 2.85. The summed E-state index contributed by atoms with van der Waals surface area (Å²) in [4.78, 5) is 15.6. The Balaban J connectivity index is 2.05. The van der Waals surface area contributed by atoms with E-state index in [0.717, 1.165) is 5.75 Å². The highest BCUT2D eigenvalue weighted by atomic mass is 32.2. The van der Waals surface area contributed by atoms with Crippen molar-refractivity contribution >= 4 is 23.4 Å². The number of benzene rings is 1. The summed E-state index contributed by atoms with van der Waals surface area (Å²) < 4.78 is 15.3. The lowest BCUT2D eigenvalue weighted by Gasteiger charge is -2.12. The lowest BCUT2D eigenvalue weighted by atomic mass is 10.2. The van der Waals surface area contributed by atoms with E-state index in [1.807, 2.05) is 6.26 Å². The third kappa shape index (κ3) is 4.02. The fourth-order valence-electron chi connectivity index (χ4n) is 1.71. The van der Waals surface area contributed by atoms with Crippen LogP contribution in [0.25, 0.3) is 5.69 Å². The molecule has 0 bridgehead atoms. The van der Waals surface area contributed by atoms with Crippen LogP contribution >= 0.6 is 11.8 Å². The molecule has 2 rings (SSSR count). The molecule has 0 saturated heterocycles. The molecule has 1 aromatic carbocycles. The largest absolute Gasteiger partial charge is 0.325 e. The van der Waals surface area contributed by atoms with E-state index in [4.69, 9.17) is 5.73 Å². The predicted molar refractivity (Wildman–Crippen MR) is 80.9 cm³/mol. The molecule has 0 fully saturated rings. The Kier molecular flexibility index (Phi) is 5.29. The van der Waals surface area contributed by atoms with Gasteiger partial charge in [-0.05, 0) is 36.6 Å². The van der Waals surface area contributed by atoms with Gasteiger partial charge in [0.1, 0.15) is 18.3 Å². The Morgan fingerprint density at radius 2 is 2.38 bits per heavy atom. The number of halogens is 1. The van der Waals surface area contributed by atoms with Crippen LogP contribution in [0.3, 0.4) is 0 Å². The first-order valence-corrected chi connectivity index (χ1v) is 7.71. The number of nitrogens with one attached hydrogen (secondary N) is 1. The predicted octanol–water partition coefficient (Wildman–Crippen LogP) is 1.43. The molecule has 1 amide bonds. The fraction of sp³-hybridized carbons (Fsp3) is 0.308. The number of carbonyl (C=O) groups is 1. The van der Waals surface area contributed by atoms with Gasteiger partial charge < -0.3 is 11.1 Å². The molecule has 2 aromatic rings. The summed E-state index contributed by atoms with van der Waals surface area (Å²) in [6.07, 6.45) is 5.24. The second-order valence-corrected chi connectivity index (χ2v) is 5.37. The van der Waals surface area contributed by atoms with Crippen molar-refractivity contribution in [1.82, 2.24) is 14.8 Å². The van der Waals surface area contributed by atoms with Crippen molar-refractivity contribution in [2.45, 2.75) is 12.5 Å². The van der Waals surface area contributed by atoms with Crippen molar-refractivity contribution in [3.8, 4) is 5.69 Å². The molecule has 6 nitrogen and oxygen atoms in total. The normalized spacial score (nSPS) is 12.1. The Morgan fingerprint density at radius 1 is 1.57 bits per heavy atom. The van der Waals surface area contributed by atoms with Crippen LogP contribution in [0.5, 0.6) is 0 Å². The fourth-order valence-corrected chi connectivity index (χ4v) is 2.20. The summed E-state index contributed by atoms with van der Waals surface area (Å²) in [6, 6.07) is 3.75. The molecule has 1 heterocycles. The minimum atomic E-state index is -0.601. The van der Waals surface area contributed by atoms with E-state index >= 15 is 0 Å². The first-order chi connectivity index (χ1) is 10.1. The van der Waals surface area contributed by atoms with Crippen molar-refractivity contribution in [1.29, 1.82) is 0 Å². The van der Waals surface area contributed by atoms with Gasteiger partial charge in [-0.2, -0.15) is 16.9 Å². The highest BCUT2D eigenvalue weighted by molar-refractivity contribution is 7.98. The van der Waals surface area contributed by atoms with Gasteiger partial charge in [-0.25, -0.2) is 14.1 Å². The van der Waals surface area contributed by atoms with Crippen LogP contribution in [0.15, 0.2) is 30.9 Å². The molecule has 0 aliphatic carbocycles. The molecule has 0 saturated carbocycles. The van der Waals surface area contributed by atoms with Crippen LogP contribution < -0.4 is 11.1 Å². The van der Waals surface area contributed by atoms with E-state index < -0.39 is 11.9 Å². The number of hydrogen-bond acceptors (Lipinski definition) is 5. The first-order valence-electron chi connectivity index (χ1n) is 6.31. The Hall–Kier alpha value is -1.93. The molecule has 0 aliphatic heterocycles. The van der Waals surface area contributed by atoms with Gasteiger partial charge in [-0.15, -0.1) is 0 Å². The van der Waals surface area contributed by atoms with Crippen molar-refractivity contribution in [3.63, 3.8) is 0 Å². The Labute approximate surface area is 125 Å². The number of nitrogens with zero attached hydrogens (tertiary/aromatic N) is 3. The van der Waals surface area contributed by atoms with Gasteiger partial charge in [0.25, 0.3) is 0 Å². The van der Waals surface area contributed by atoms with E-state index in [-0.39, 0.29) is 11.6 Å². The van der Waals surface area contributed by atoms with Crippen molar-refractivity contribution in [2.75, 3.05) is 17.3 Å². The van der Waals surface area contributed by atoms with E-state index in [2.05, 4.69) is 15.4 Å². The summed E-state index contributed by atoms with van der Waals surface area (Å²) in [7, 11) is 0. The molecule has 0 radical (unpaired) electrons. The molecule has 8 heteroatoms. The summed E-state index contributed by atoms with van der Waals surface area (Å²) in [6.45, 7) is 0. The SMILES string of the molecule is CSCC[C@@H](N)C(=O)Nc1ccc(-n2cncn2)c(F)c1. The lowest BCUT2D eigenvalue weighted by Crippen LogP contribution is -2.36. The van der Waals surface area contributed by atoms with E-state index in [1.54, 1.807) is 17.8 Å². The Bertz CT molecular complexity index is 605. The van der Waals surface area contributed by atoms with Crippen LogP contribution in [-0.4, -0.2) is 38.7 Å². The van der Waals surface area contributed by atoms with Crippen molar-refractivity contribution < 1.29 is 9.18 Å². The minimum Gasteiger partial charge on any atom is -0.325 e. The molecule has 0 unspecified atom stereocenters. The number of anilines is 1. The van der Waals surface area contributed by atoms with Crippen molar-refractivity contribution in [3.05, 3.63) is 36.7 Å². The molecular weight excluding hydrogens is 293 g/mol. The standard InChI is InChI=1S/C13H16FN5OS/c1-21-5-4-11(15)13(20)18-9-2-3-12(10(14)6-9)19-8-16-7-17-19/h2-3,6-8,11H,4-5,15H2,1H3,(H,18,20)/t11-/m1/s1. The molecule has 112 valence electrons. The number of aromatic nitrogens is 3. The molecule has 1 atom stereocenters. The number of rotatable bonds is 6. The average molecular weight is 309 g/mol. The van der Waals surface area contributed by atoms with Gasteiger partial charge in [-0.3, -0.25) is 4.79 Å².